The molecule has 0 aliphatic carbocycles. The number of hydrogen-bond acceptors (Lipinski definition) is 10. The minimum absolute atomic E-state index is 0.0847. The zero-order valence-electron chi connectivity index (χ0n) is 19.5. The molecule has 1 fully saturated rings. The van der Waals surface area contributed by atoms with Gasteiger partial charge in [-0.05, 0) is 55.5 Å². The number of methoxy groups -OCH3 is 1. The van der Waals surface area contributed by atoms with Crippen molar-refractivity contribution < 1.29 is 19.2 Å². The maximum Gasteiger partial charge on any atom is 0.353 e. The number of carbonyl (C=O) groups is 1. The predicted octanol–water partition coefficient (Wildman–Crippen LogP) is 3.64. The summed E-state index contributed by atoms with van der Waals surface area (Å²) < 4.78 is 10.2. The highest BCUT2D eigenvalue weighted by Gasteiger charge is 2.29. The number of nitrogens with one attached hydrogen (secondary N) is 1. The highest BCUT2D eigenvalue weighted by molar-refractivity contribution is 5.90. The minimum atomic E-state index is -0.472. The zero-order valence-corrected chi connectivity index (χ0v) is 19.5. The van der Waals surface area contributed by atoms with E-state index in [1.165, 1.54) is 6.33 Å². The van der Waals surface area contributed by atoms with Gasteiger partial charge >= 0.3 is 11.7 Å². The molecule has 0 bridgehead atoms. The summed E-state index contributed by atoms with van der Waals surface area (Å²) in [5, 5.41) is 15.0. The number of carbonyl (C=O) groups excluding carboxylic acids is 1. The van der Waals surface area contributed by atoms with Crippen LogP contribution in [0.25, 0.3) is 0 Å². The van der Waals surface area contributed by atoms with Gasteiger partial charge in [-0.15, -0.1) is 0 Å². The Morgan fingerprint density at radius 3 is 2.29 bits per heavy atom. The maximum absolute atomic E-state index is 12.0. The first-order valence-corrected chi connectivity index (χ1v) is 11.2. The van der Waals surface area contributed by atoms with Crippen molar-refractivity contribution >= 4 is 34.7 Å². The molecule has 0 amide bonds. The summed E-state index contributed by atoms with van der Waals surface area (Å²) in [5.41, 5.74) is 1.82. The smallest absolute Gasteiger partial charge is 0.353 e. The lowest BCUT2D eigenvalue weighted by Crippen LogP contribution is -2.47. The summed E-state index contributed by atoms with van der Waals surface area (Å²) in [4.78, 5) is 35.9. The van der Waals surface area contributed by atoms with Crippen LogP contribution in [0, 0.1) is 10.1 Å². The number of nitrogens with zero attached hydrogens (tertiary/aromatic N) is 5. The van der Waals surface area contributed by atoms with Crippen molar-refractivity contribution in [1.29, 1.82) is 0 Å². The molecule has 2 heterocycles. The predicted molar refractivity (Wildman–Crippen MR) is 132 cm³/mol. The minimum Gasteiger partial charge on any atom is -0.497 e. The lowest BCUT2D eigenvalue weighted by Gasteiger charge is -2.36. The largest absolute Gasteiger partial charge is 0.497 e. The van der Waals surface area contributed by atoms with E-state index in [0.29, 0.717) is 37.4 Å². The fraction of sp³-hybridized carbons (Fsp3) is 0.292. The van der Waals surface area contributed by atoms with Gasteiger partial charge in [0.2, 0.25) is 11.6 Å². The molecule has 0 atom stereocenters. The van der Waals surface area contributed by atoms with Crippen LogP contribution in [0.2, 0.25) is 0 Å². The van der Waals surface area contributed by atoms with E-state index < -0.39 is 10.9 Å². The monoisotopic (exact) mass is 478 g/mol. The van der Waals surface area contributed by atoms with Crippen molar-refractivity contribution in [2.75, 3.05) is 55.0 Å². The van der Waals surface area contributed by atoms with Gasteiger partial charge in [0.05, 0.1) is 24.2 Å². The Morgan fingerprint density at radius 1 is 1.03 bits per heavy atom. The molecular weight excluding hydrogens is 452 g/mol. The average Bonchev–Trinajstić information content (AvgIpc) is 2.89. The van der Waals surface area contributed by atoms with Crippen molar-refractivity contribution in [2.45, 2.75) is 6.92 Å². The Labute approximate surface area is 202 Å². The third kappa shape index (κ3) is 5.40. The molecule has 11 heteroatoms. The SMILES string of the molecule is CCOC(=O)c1ccc(Nc2ncnc(N3CCN(c4ccc(OC)cc4)CC3)c2[N+](=O)[O-])cc1. The van der Waals surface area contributed by atoms with E-state index in [4.69, 9.17) is 9.47 Å². The van der Waals surface area contributed by atoms with Crippen molar-refractivity contribution in [3.05, 3.63) is 70.5 Å². The van der Waals surface area contributed by atoms with E-state index in [0.717, 1.165) is 11.4 Å². The first kappa shape index (κ1) is 23.7. The molecule has 1 aliphatic heterocycles. The Balaban J connectivity index is 1.49. The molecule has 3 aromatic rings. The van der Waals surface area contributed by atoms with Crippen LogP contribution in [-0.2, 0) is 4.74 Å². The summed E-state index contributed by atoms with van der Waals surface area (Å²) in [6, 6.07) is 14.3. The van der Waals surface area contributed by atoms with Gasteiger partial charge in [-0.3, -0.25) is 10.1 Å². The van der Waals surface area contributed by atoms with Crippen molar-refractivity contribution in [3.63, 3.8) is 0 Å². The second-order valence-electron chi connectivity index (χ2n) is 7.75. The van der Waals surface area contributed by atoms with E-state index in [2.05, 4.69) is 20.2 Å². The highest BCUT2D eigenvalue weighted by Crippen LogP contribution is 2.34. The van der Waals surface area contributed by atoms with E-state index in [1.807, 2.05) is 29.2 Å². The molecule has 0 radical (unpaired) electrons. The number of piperazine rings is 1. The average molecular weight is 479 g/mol. The van der Waals surface area contributed by atoms with Gasteiger partial charge in [0.15, 0.2) is 0 Å². The Morgan fingerprint density at radius 2 is 1.69 bits per heavy atom. The van der Waals surface area contributed by atoms with Crippen LogP contribution >= 0.6 is 0 Å². The highest BCUT2D eigenvalue weighted by atomic mass is 16.6. The van der Waals surface area contributed by atoms with Crippen molar-refractivity contribution in [3.8, 4) is 5.75 Å². The Bertz CT molecular complexity index is 1180. The first-order chi connectivity index (χ1) is 17.0. The number of anilines is 4. The van der Waals surface area contributed by atoms with Gasteiger partial charge in [0.25, 0.3) is 0 Å². The van der Waals surface area contributed by atoms with Gasteiger partial charge in [-0.25, -0.2) is 14.8 Å². The number of ether oxygens (including phenoxy) is 2. The molecule has 0 spiro atoms. The van der Waals surface area contributed by atoms with E-state index in [9.17, 15) is 14.9 Å². The van der Waals surface area contributed by atoms with Crippen LogP contribution in [0.15, 0.2) is 54.9 Å². The van der Waals surface area contributed by atoms with Crippen molar-refractivity contribution in [1.82, 2.24) is 9.97 Å². The molecule has 182 valence electrons. The van der Waals surface area contributed by atoms with Crippen LogP contribution < -0.4 is 19.9 Å². The van der Waals surface area contributed by atoms with Gasteiger partial charge < -0.3 is 24.6 Å². The summed E-state index contributed by atoms with van der Waals surface area (Å²) in [6.45, 7) is 4.52. The number of hydrogen-bond donors (Lipinski definition) is 1. The molecule has 1 aromatic heterocycles. The summed E-state index contributed by atoms with van der Waals surface area (Å²) in [6.07, 6.45) is 1.31. The topological polar surface area (TPSA) is 123 Å². The normalized spacial score (nSPS) is 13.3. The number of benzene rings is 2. The second-order valence-corrected chi connectivity index (χ2v) is 7.75. The Kier molecular flexibility index (Phi) is 7.24. The quantitative estimate of drug-likeness (QED) is 0.292. The molecule has 2 aromatic carbocycles. The fourth-order valence-corrected chi connectivity index (χ4v) is 3.87. The van der Waals surface area contributed by atoms with Gasteiger partial charge in [0, 0.05) is 37.6 Å². The Hall–Kier alpha value is -4.41. The molecule has 0 saturated carbocycles. The summed E-state index contributed by atoms with van der Waals surface area (Å²) >= 11 is 0. The fourth-order valence-electron chi connectivity index (χ4n) is 3.87. The lowest BCUT2D eigenvalue weighted by atomic mass is 10.2. The third-order valence-electron chi connectivity index (χ3n) is 5.66. The third-order valence-corrected chi connectivity index (χ3v) is 5.66. The van der Waals surface area contributed by atoms with Crippen LogP contribution in [0.5, 0.6) is 5.75 Å². The lowest BCUT2D eigenvalue weighted by molar-refractivity contribution is -0.383. The number of rotatable bonds is 8. The van der Waals surface area contributed by atoms with Gasteiger partial charge in [-0.2, -0.15) is 0 Å². The first-order valence-electron chi connectivity index (χ1n) is 11.2. The number of aromatic nitrogens is 2. The summed E-state index contributed by atoms with van der Waals surface area (Å²) in [5.74, 6) is 0.717. The molecule has 0 unspecified atom stereocenters. The molecule has 1 saturated heterocycles. The zero-order chi connectivity index (χ0) is 24.8. The standard InChI is InChI=1S/C24H26N6O5/c1-3-35-24(31)17-4-6-18(7-5-17)27-22-21(30(32)33)23(26-16-25-22)29-14-12-28(13-15-29)19-8-10-20(34-2)11-9-19/h4-11,16H,3,12-15H2,1-2H3,(H,25,26,27). The second kappa shape index (κ2) is 10.7. The van der Waals surface area contributed by atoms with Gasteiger partial charge in [0.1, 0.15) is 12.1 Å². The van der Waals surface area contributed by atoms with E-state index in [-0.39, 0.29) is 23.9 Å². The number of esters is 1. The molecular formula is C24H26N6O5. The number of nitro groups is 1. The van der Waals surface area contributed by atoms with Crippen LogP contribution in [0.1, 0.15) is 17.3 Å². The van der Waals surface area contributed by atoms with Crippen LogP contribution in [0.3, 0.4) is 0 Å². The van der Waals surface area contributed by atoms with E-state index >= 15 is 0 Å². The maximum atomic E-state index is 12.0. The molecule has 1 N–H and O–H groups in total. The summed E-state index contributed by atoms with van der Waals surface area (Å²) in [7, 11) is 1.63. The van der Waals surface area contributed by atoms with Crippen molar-refractivity contribution in [2.24, 2.45) is 0 Å². The molecule has 4 rings (SSSR count). The van der Waals surface area contributed by atoms with Crippen LogP contribution in [-0.4, -0.2) is 60.8 Å². The molecule has 11 nitrogen and oxygen atoms in total. The van der Waals surface area contributed by atoms with E-state index in [1.54, 1.807) is 38.3 Å². The van der Waals surface area contributed by atoms with Crippen LogP contribution in [0.4, 0.5) is 28.7 Å². The molecule has 1 aliphatic rings. The van der Waals surface area contributed by atoms with Gasteiger partial charge in [-0.1, -0.05) is 0 Å². The molecule has 35 heavy (non-hydrogen) atoms.